The van der Waals surface area contributed by atoms with E-state index in [1.54, 1.807) is 54.6 Å². The van der Waals surface area contributed by atoms with Crippen molar-refractivity contribution in [2.24, 2.45) is 0 Å². The molecule has 1 heterocycles. The molecule has 1 unspecified atom stereocenters. The maximum Gasteiger partial charge on any atom is 0.360 e. The molecule has 2 amide bonds. The minimum Gasteiger partial charge on any atom is -0.464 e. The molecule has 1 atom stereocenters. The number of ether oxygens (including phenoxy) is 2. The van der Waals surface area contributed by atoms with Gasteiger partial charge in [0.2, 0.25) is 0 Å². The fourth-order valence-electron chi connectivity index (χ4n) is 2.63. The third-order valence-corrected chi connectivity index (χ3v) is 3.98. The Labute approximate surface area is 150 Å². The number of carbonyl (C=O) groups excluding carboxylic acids is 3. The maximum absolute atomic E-state index is 13.1. The SMILES string of the molecule is C=CCOC(=O)C1(C)Oc2ccccc2N(C(=O)c2ccccc2)C1=O. The zero-order valence-corrected chi connectivity index (χ0v) is 14.2. The number of imide groups is 1. The van der Waals surface area contributed by atoms with E-state index < -0.39 is 23.4 Å². The summed E-state index contributed by atoms with van der Waals surface area (Å²) in [7, 11) is 0. The van der Waals surface area contributed by atoms with E-state index in [2.05, 4.69) is 6.58 Å². The van der Waals surface area contributed by atoms with Crippen LogP contribution in [0.5, 0.6) is 5.75 Å². The van der Waals surface area contributed by atoms with Crippen LogP contribution >= 0.6 is 0 Å². The van der Waals surface area contributed by atoms with Crippen LogP contribution in [-0.4, -0.2) is 30.0 Å². The van der Waals surface area contributed by atoms with Crippen LogP contribution < -0.4 is 9.64 Å². The van der Waals surface area contributed by atoms with Crippen molar-refractivity contribution in [3.05, 3.63) is 72.8 Å². The van der Waals surface area contributed by atoms with E-state index in [-0.39, 0.29) is 18.0 Å². The van der Waals surface area contributed by atoms with Crippen LogP contribution in [0.15, 0.2) is 67.3 Å². The van der Waals surface area contributed by atoms with Crippen molar-refractivity contribution in [2.45, 2.75) is 12.5 Å². The summed E-state index contributed by atoms with van der Waals surface area (Å²) in [6.45, 7) is 4.69. The van der Waals surface area contributed by atoms with E-state index in [1.807, 2.05) is 0 Å². The predicted octanol–water partition coefficient (Wildman–Crippen LogP) is 2.74. The van der Waals surface area contributed by atoms with Crippen molar-refractivity contribution in [1.29, 1.82) is 0 Å². The van der Waals surface area contributed by atoms with Gasteiger partial charge in [-0.15, -0.1) is 0 Å². The second-order valence-corrected chi connectivity index (χ2v) is 5.80. The molecule has 0 saturated heterocycles. The molecule has 0 aliphatic carbocycles. The van der Waals surface area contributed by atoms with Crippen LogP contribution in [-0.2, 0) is 14.3 Å². The first kappa shape index (κ1) is 17.4. The molecule has 0 bridgehead atoms. The molecule has 1 aliphatic heterocycles. The fourth-order valence-corrected chi connectivity index (χ4v) is 2.63. The zero-order chi connectivity index (χ0) is 18.7. The summed E-state index contributed by atoms with van der Waals surface area (Å²) >= 11 is 0. The number of fused-ring (bicyclic) bond motifs is 1. The molecule has 2 aromatic carbocycles. The number of anilines is 1. The Kier molecular flexibility index (Phi) is 4.58. The quantitative estimate of drug-likeness (QED) is 0.366. The molecule has 0 spiro atoms. The lowest BCUT2D eigenvalue weighted by atomic mass is 10.00. The Morgan fingerprint density at radius 3 is 2.50 bits per heavy atom. The molecule has 0 fully saturated rings. The average Bonchev–Trinajstić information content (AvgIpc) is 2.67. The van der Waals surface area contributed by atoms with Crippen molar-refractivity contribution in [1.82, 2.24) is 0 Å². The van der Waals surface area contributed by atoms with Gasteiger partial charge in [0.05, 0.1) is 5.69 Å². The minimum absolute atomic E-state index is 0.0701. The maximum atomic E-state index is 13.1. The van der Waals surface area contributed by atoms with Crippen molar-refractivity contribution in [2.75, 3.05) is 11.5 Å². The van der Waals surface area contributed by atoms with Gasteiger partial charge in [-0.05, 0) is 31.2 Å². The summed E-state index contributed by atoms with van der Waals surface area (Å²) in [5.41, 5.74) is -1.37. The van der Waals surface area contributed by atoms with Crippen LogP contribution in [0.1, 0.15) is 17.3 Å². The number of rotatable bonds is 4. The third-order valence-electron chi connectivity index (χ3n) is 3.98. The molecule has 0 aromatic heterocycles. The lowest BCUT2D eigenvalue weighted by molar-refractivity contribution is -0.165. The fraction of sp³-hybridized carbons (Fsp3) is 0.150. The Hall–Kier alpha value is -3.41. The molecule has 1 aliphatic rings. The lowest BCUT2D eigenvalue weighted by Crippen LogP contribution is -2.61. The van der Waals surface area contributed by atoms with Gasteiger partial charge in [-0.1, -0.05) is 43.0 Å². The van der Waals surface area contributed by atoms with Gasteiger partial charge < -0.3 is 9.47 Å². The van der Waals surface area contributed by atoms with E-state index in [9.17, 15) is 14.4 Å². The molecule has 26 heavy (non-hydrogen) atoms. The Bertz CT molecular complexity index is 877. The molecule has 6 nitrogen and oxygen atoms in total. The second kappa shape index (κ2) is 6.84. The van der Waals surface area contributed by atoms with Gasteiger partial charge in [0.25, 0.3) is 17.4 Å². The van der Waals surface area contributed by atoms with Crippen molar-refractivity contribution in [3.63, 3.8) is 0 Å². The molecule has 132 valence electrons. The molecule has 3 rings (SSSR count). The highest BCUT2D eigenvalue weighted by Gasteiger charge is 2.53. The van der Waals surface area contributed by atoms with Gasteiger partial charge in [-0.25, -0.2) is 9.69 Å². The Morgan fingerprint density at radius 1 is 1.15 bits per heavy atom. The van der Waals surface area contributed by atoms with Gasteiger partial charge in [-0.2, -0.15) is 0 Å². The monoisotopic (exact) mass is 351 g/mol. The Balaban J connectivity index is 2.07. The van der Waals surface area contributed by atoms with E-state index >= 15 is 0 Å². The highest BCUT2D eigenvalue weighted by atomic mass is 16.6. The molecular weight excluding hydrogens is 334 g/mol. The molecule has 0 radical (unpaired) electrons. The summed E-state index contributed by atoms with van der Waals surface area (Å²) in [4.78, 5) is 39.5. The van der Waals surface area contributed by atoms with Gasteiger partial charge in [0, 0.05) is 5.56 Å². The van der Waals surface area contributed by atoms with E-state index in [0.29, 0.717) is 5.56 Å². The average molecular weight is 351 g/mol. The first-order chi connectivity index (χ1) is 12.5. The number of amides is 2. The van der Waals surface area contributed by atoms with Gasteiger partial charge in [0.15, 0.2) is 0 Å². The number of esters is 1. The first-order valence-electron chi connectivity index (χ1n) is 7.99. The number of carbonyl (C=O) groups is 3. The molecule has 2 aromatic rings. The molecular formula is C20H17NO5. The number of nitrogens with zero attached hydrogens (tertiary/aromatic N) is 1. The predicted molar refractivity (Wildman–Crippen MR) is 94.9 cm³/mol. The van der Waals surface area contributed by atoms with Crippen LogP contribution in [0.3, 0.4) is 0 Å². The van der Waals surface area contributed by atoms with Crippen LogP contribution in [0.2, 0.25) is 0 Å². The highest BCUT2D eigenvalue weighted by molar-refractivity contribution is 6.28. The largest absolute Gasteiger partial charge is 0.464 e. The first-order valence-corrected chi connectivity index (χ1v) is 7.99. The van der Waals surface area contributed by atoms with Gasteiger partial charge in [0.1, 0.15) is 12.4 Å². The van der Waals surface area contributed by atoms with Crippen LogP contribution in [0, 0.1) is 0 Å². The van der Waals surface area contributed by atoms with Crippen molar-refractivity contribution >= 4 is 23.5 Å². The second-order valence-electron chi connectivity index (χ2n) is 5.80. The van der Waals surface area contributed by atoms with E-state index in [1.165, 1.54) is 13.0 Å². The normalized spacial score (nSPS) is 18.5. The van der Waals surface area contributed by atoms with E-state index in [4.69, 9.17) is 9.47 Å². The lowest BCUT2D eigenvalue weighted by Gasteiger charge is -2.37. The van der Waals surface area contributed by atoms with Crippen LogP contribution in [0.4, 0.5) is 5.69 Å². The zero-order valence-electron chi connectivity index (χ0n) is 14.2. The van der Waals surface area contributed by atoms with Crippen molar-refractivity contribution in [3.8, 4) is 5.75 Å². The highest BCUT2D eigenvalue weighted by Crippen LogP contribution is 2.39. The summed E-state index contributed by atoms with van der Waals surface area (Å²) in [6, 6.07) is 14.9. The number of benzene rings is 2. The number of para-hydroxylation sites is 2. The standard InChI is InChI=1S/C20H17NO5/c1-3-13-25-19(24)20(2)18(23)21(15-11-7-8-12-16(15)26-20)17(22)14-9-5-4-6-10-14/h3-12H,1,13H2,2H3. The van der Waals surface area contributed by atoms with Crippen LogP contribution in [0.25, 0.3) is 0 Å². The summed E-state index contributed by atoms with van der Waals surface area (Å²) in [5, 5.41) is 0. The summed E-state index contributed by atoms with van der Waals surface area (Å²) in [6.07, 6.45) is 1.38. The van der Waals surface area contributed by atoms with E-state index in [0.717, 1.165) is 4.90 Å². The smallest absolute Gasteiger partial charge is 0.360 e. The molecule has 0 saturated carbocycles. The Morgan fingerprint density at radius 2 is 1.81 bits per heavy atom. The summed E-state index contributed by atoms with van der Waals surface area (Å²) in [5.74, 6) is -1.99. The minimum atomic E-state index is -1.97. The summed E-state index contributed by atoms with van der Waals surface area (Å²) < 4.78 is 10.7. The van der Waals surface area contributed by atoms with Gasteiger partial charge >= 0.3 is 5.97 Å². The number of hydrogen-bond donors (Lipinski definition) is 0. The van der Waals surface area contributed by atoms with Crippen molar-refractivity contribution < 1.29 is 23.9 Å². The third kappa shape index (κ3) is 2.86. The molecule has 0 N–H and O–H groups in total. The molecule has 6 heteroatoms. The number of hydrogen-bond acceptors (Lipinski definition) is 5. The topological polar surface area (TPSA) is 72.9 Å². The van der Waals surface area contributed by atoms with Gasteiger partial charge in [-0.3, -0.25) is 9.59 Å².